The highest BCUT2D eigenvalue weighted by Crippen LogP contribution is 2.30. The molecule has 0 N–H and O–H groups in total. The van der Waals surface area contributed by atoms with Crippen LogP contribution in [0.3, 0.4) is 0 Å². The van der Waals surface area contributed by atoms with Crippen molar-refractivity contribution in [3.8, 4) is 5.75 Å². The lowest BCUT2D eigenvalue weighted by molar-refractivity contribution is 0.0697. The van der Waals surface area contributed by atoms with Crippen molar-refractivity contribution in [3.05, 3.63) is 54.0 Å². The second-order valence-electron chi connectivity index (χ2n) is 5.58. The van der Waals surface area contributed by atoms with Crippen LogP contribution in [0.1, 0.15) is 29.0 Å². The zero-order valence-corrected chi connectivity index (χ0v) is 13.5. The standard InChI is InChI=1S/C16H17NO5S/c1-23(19,20)22-14-5-2-4-12(10-14)11-17(13-7-8-13)16(18)15-6-3-9-21-15/h2-6,9-10,13H,7-8,11H2,1H3. The molecule has 0 bridgehead atoms. The molecule has 1 aromatic carbocycles. The quantitative estimate of drug-likeness (QED) is 0.758. The molecule has 1 aliphatic rings. The summed E-state index contributed by atoms with van der Waals surface area (Å²) in [5, 5.41) is 0. The van der Waals surface area contributed by atoms with Crippen molar-refractivity contribution < 1.29 is 21.8 Å². The average Bonchev–Trinajstić information content (AvgIpc) is 3.16. The van der Waals surface area contributed by atoms with E-state index in [9.17, 15) is 13.2 Å². The van der Waals surface area contributed by atoms with Crippen LogP contribution in [0.5, 0.6) is 5.75 Å². The van der Waals surface area contributed by atoms with Crippen LogP contribution < -0.4 is 4.18 Å². The molecule has 0 radical (unpaired) electrons. The largest absolute Gasteiger partial charge is 0.459 e. The Morgan fingerprint density at radius 1 is 1.30 bits per heavy atom. The number of hydrogen-bond donors (Lipinski definition) is 0. The van der Waals surface area contributed by atoms with Gasteiger partial charge in [0.05, 0.1) is 12.5 Å². The van der Waals surface area contributed by atoms with Crippen molar-refractivity contribution in [3.63, 3.8) is 0 Å². The molecular weight excluding hydrogens is 318 g/mol. The Hall–Kier alpha value is -2.28. The van der Waals surface area contributed by atoms with E-state index in [1.54, 1.807) is 35.2 Å². The molecule has 7 heteroatoms. The molecule has 0 aliphatic heterocycles. The van der Waals surface area contributed by atoms with E-state index in [2.05, 4.69) is 0 Å². The van der Waals surface area contributed by atoms with Crippen LogP contribution in [-0.4, -0.2) is 31.5 Å². The zero-order chi connectivity index (χ0) is 16.4. The molecule has 6 nitrogen and oxygen atoms in total. The summed E-state index contributed by atoms with van der Waals surface area (Å²) in [6.07, 6.45) is 4.40. The summed E-state index contributed by atoms with van der Waals surface area (Å²) in [7, 11) is -3.57. The number of amides is 1. The minimum Gasteiger partial charge on any atom is -0.459 e. The van der Waals surface area contributed by atoms with Crippen molar-refractivity contribution in [2.24, 2.45) is 0 Å². The number of nitrogens with zero attached hydrogens (tertiary/aromatic N) is 1. The first kappa shape index (κ1) is 15.6. The molecule has 1 aliphatic carbocycles. The van der Waals surface area contributed by atoms with E-state index in [0.29, 0.717) is 12.3 Å². The van der Waals surface area contributed by atoms with Crippen LogP contribution in [0.4, 0.5) is 0 Å². The Morgan fingerprint density at radius 2 is 2.09 bits per heavy atom. The summed E-state index contributed by atoms with van der Waals surface area (Å²) >= 11 is 0. The Labute approximate surface area is 134 Å². The number of carbonyl (C=O) groups excluding carboxylic acids is 1. The summed E-state index contributed by atoms with van der Waals surface area (Å²) in [6, 6.07) is 10.3. The maximum Gasteiger partial charge on any atom is 0.306 e. The molecule has 1 aromatic heterocycles. The van der Waals surface area contributed by atoms with Crippen molar-refractivity contribution in [1.29, 1.82) is 0 Å². The van der Waals surface area contributed by atoms with E-state index >= 15 is 0 Å². The molecule has 0 saturated heterocycles. The normalized spacial score (nSPS) is 14.5. The van der Waals surface area contributed by atoms with Crippen LogP contribution in [0.2, 0.25) is 0 Å². The molecule has 122 valence electrons. The molecule has 0 atom stereocenters. The maximum absolute atomic E-state index is 12.5. The molecule has 1 heterocycles. The lowest BCUT2D eigenvalue weighted by Crippen LogP contribution is -2.32. The van der Waals surface area contributed by atoms with E-state index in [-0.39, 0.29) is 17.7 Å². The SMILES string of the molecule is CS(=O)(=O)Oc1cccc(CN(C(=O)c2ccco2)C2CC2)c1. The molecule has 1 saturated carbocycles. The third-order valence-corrected chi connectivity index (χ3v) is 3.97. The minimum atomic E-state index is -3.57. The van der Waals surface area contributed by atoms with Gasteiger partial charge in [0, 0.05) is 12.6 Å². The van der Waals surface area contributed by atoms with Gasteiger partial charge in [-0.25, -0.2) is 0 Å². The predicted molar refractivity (Wildman–Crippen MR) is 83.5 cm³/mol. The molecule has 3 rings (SSSR count). The number of benzene rings is 1. The van der Waals surface area contributed by atoms with Gasteiger partial charge in [0.15, 0.2) is 5.76 Å². The van der Waals surface area contributed by atoms with Crippen LogP contribution in [0.15, 0.2) is 47.1 Å². The predicted octanol–water partition coefficient (Wildman–Crippen LogP) is 2.42. The van der Waals surface area contributed by atoms with Gasteiger partial charge in [-0.05, 0) is 42.7 Å². The van der Waals surface area contributed by atoms with Crippen molar-refractivity contribution >= 4 is 16.0 Å². The molecular formula is C16H17NO5S. The molecule has 23 heavy (non-hydrogen) atoms. The van der Waals surface area contributed by atoms with Crippen molar-refractivity contribution in [2.45, 2.75) is 25.4 Å². The second kappa shape index (κ2) is 6.08. The molecule has 1 fully saturated rings. The van der Waals surface area contributed by atoms with Crippen LogP contribution in [0.25, 0.3) is 0 Å². The smallest absolute Gasteiger partial charge is 0.306 e. The number of carbonyl (C=O) groups is 1. The molecule has 2 aromatic rings. The van der Waals surface area contributed by atoms with Gasteiger partial charge in [-0.2, -0.15) is 8.42 Å². The van der Waals surface area contributed by atoms with Crippen LogP contribution in [0, 0.1) is 0 Å². The first-order chi connectivity index (χ1) is 10.9. The third kappa shape index (κ3) is 4.13. The topological polar surface area (TPSA) is 76.8 Å². The summed E-state index contributed by atoms with van der Waals surface area (Å²) in [5.74, 6) is 0.388. The highest BCUT2D eigenvalue weighted by molar-refractivity contribution is 7.86. The molecule has 1 amide bonds. The lowest BCUT2D eigenvalue weighted by Gasteiger charge is -2.21. The fraction of sp³-hybridized carbons (Fsp3) is 0.312. The highest BCUT2D eigenvalue weighted by atomic mass is 32.2. The first-order valence-corrected chi connectivity index (χ1v) is 9.07. The Kier molecular flexibility index (Phi) is 4.12. The van der Waals surface area contributed by atoms with Crippen molar-refractivity contribution in [1.82, 2.24) is 4.90 Å². The fourth-order valence-corrected chi connectivity index (χ4v) is 2.82. The minimum absolute atomic E-state index is 0.160. The van der Waals surface area contributed by atoms with Gasteiger partial charge in [-0.15, -0.1) is 0 Å². The van der Waals surface area contributed by atoms with Gasteiger partial charge in [0.2, 0.25) is 0 Å². The number of furan rings is 1. The summed E-state index contributed by atoms with van der Waals surface area (Å²) in [4.78, 5) is 14.3. The summed E-state index contributed by atoms with van der Waals surface area (Å²) in [6.45, 7) is 0.380. The Bertz CT molecular complexity index is 794. The first-order valence-electron chi connectivity index (χ1n) is 7.25. The fourth-order valence-electron chi connectivity index (χ4n) is 2.36. The van der Waals surface area contributed by atoms with E-state index in [4.69, 9.17) is 8.60 Å². The van der Waals surface area contributed by atoms with Gasteiger partial charge in [0.25, 0.3) is 5.91 Å². The number of rotatable bonds is 6. The van der Waals surface area contributed by atoms with Crippen LogP contribution >= 0.6 is 0 Å². The maximum atomic E-state index is 12.5. The van der Waals surface area contributed by atoms with Gasteiger partial charge in [0.1, 0.15) is 5.75 Å². The van der Waals surface area contributed by atoms with Gasteiger partial charge < -0.3 is 13.5 Å². The van der Waals surface area contributed by atoms with E-state index < -0.39 is 10.1 Å². The molecule has 0 spiro atoms. The number of hydrogen-bond acceptors (Lipinski definition) is 5. The van der Waals surface area contributed by atoms with E-state index in [1.807, 2.05) is 6.07 Å². The van der Waals surface area contributed by atoms with E-state index in [0.717, 1.165) is 24.7 Å². The van der Waals surface area contributed by atoms with E-state index in [1.165, 1.54) is 6.26 Å². The third-order valence-electron chi connectivity index (χ3n) is 3.48. The van der Waals surface area contributed by atoms with Gasteiger partial charge >= 0.3 is 10.1 Å². The Morgan fingerprint density at radius 3 is 2.70 bits per heavy atom. The summed E-state index contributed by atoms with van der Waals surface area (Å²) < 4.78 is 32.5. The average molecular weight is 335 g/mol. The van der Waals surface area contributed by atoms with Gasteiger partial charge in [-0.3, -0.25) is 4.79 Å². The lowest BCUT2D eigenvalue weighted by atomic mass is 10.2. The summed E-state index contributed by atoms with van der Waals surface area (Å²) in [5.41, 5.74) is 0.804. The monoisotopic (exact) mass is 335 g/mol. The Balaban J connectivity index is 1.78. The highest BCUT2D eigenvalue weighted by Gasteiger charge is 2.34. The zero-order valence-electron chi connectivity index (χ0n) is 12.6. The van der Waals surface area contributed by atoms with Gasteiger partial charge in [-0.1, -0.05) is 12.1 Å². The second-order valence-corrected chi connectivity index (χ2v) is 7.15. The van der Waals surface area contributed by atoms with Crippen molar-refractivity contribution in [2.75, 3.05) is 6.26 Å². The molecule has 0 unspecified atom stereocenters. The van der Waals surface area contributed by atoms with Crippen LogP contribution in [-0.2, 0) is 16.7 Å².